The molecule has 1 atom stereocenters. The van der Waals surface area contributed by atoms with E-state index in [0.29, 0.717) is 12.8 Å². The number of likely N-dealkylation sites (N-methyl/N-ethyl adjacent to an activating group) is 1. The van der Waals surface area contributed by atoms with E-state index in [9.17, 15) is 18.0 Å². The number of hydrogen-bond donors (Lipinski definition) is 1. The van der Waals surface area contributed by atoms with Crippen LogP contribution in [0.2, 0.25) is 0 Å². The highest BCUT2D eigenvalue weighted by Gasteiger charge is 2.42. The van der Waals surface area contributed by atoms with Gasteiger partial charge in [0.05, 0.1) is 0 Å². The van der Waals surface area contributed by atoms with Crippen LogP contribution in [0.5, 0.6) is 0 Å². The molecule has 0 unspecified atom stereocenters. The summed E-state index contributed by atoms with van der Waals surface area (Å²) in [5.41, 5.74) is 0.242. The fourth-order valence-electron chi connectivity index (χ4n) is 2.53. The molecule has 10 heteroatoms. The summed E-state index contributed by atoms with van der Waals surface area (Å²) < 4.78 is 36.5. The van der Waals surface area contributed by atoms with E-state index >= 15 is 0 Å². The van der Waals surface area contributed by atoms with Crippen LogP contribution in [-0.2, 0) is 24.3 Å². The van der Waals surface area contributed by atoms with Crippen molar-refractivity contribution in [1.82, 2.24) is 14.8 Å². The van der Waals surface area contributed by atoms with Crippen molar-refractivity contribution in [2.75, 3.05) is 20.2 Å². The maximum Gasteiger partial charge on any atom is 0.324 e. The Kier molecular flexibility index (Phi) is 5.05. The van der Waals surface area contributed by atoms with Gasteiger partial charge in [-0.1, -0.05) is 5.16 Å². The first kappa shape index (κ1) is 17.4. The van der Waals surface area contributed by atoms with Crippen LogP contribution in [-0.4, -0.2) is 56.0 Å². The average molecular weight is 345 g/mol. The number of nitrogens with zero attached hydrogens (tertiary/aromatic N) is 2. The minimum atomic E-state index is -3.92. The maximum absolute atomic E-state index is 12.8. The van der Waals surface area contributed by atoms with Gasteiger partial charge in [-0.15, -0.1) is 0 Å². The first-order chi connectivity index (χ1) is 10.8. The molecule has 1 aliphatic heterocycles. The molecule has 2 rings (SSSR count). The third-order valence-corrected chi connectivity index (χ3v) is 5.79. The van der Waals surface area contributed by atoms with E-state index in [1.807, 2.05) is 0 Å². The number of aryl methyl sites for hydroxylation is 2. The minimum Gasteiger partial charge on any atom is -0.454 e. The number of hydrogen-bond acceptors (Lipinski definition) is 7. The first-order valence-corrected chi connectivity index (χ1v) is 8.55. The zero-order chi connectivity index (χ0) is 17.2. The van der Waals surface area contributed by atoms with E-state index < -0.39 is 34.5 Å². The number of nitrogens with one attached hydrogen (secondary N) is 1. The molecule has 1 aromatic rings. The second-order valence-corrected chi connectivity index (χ2v) is 7.04. The summed E-state index contributed by atoms with van der Waals surface area (Å²) in [6, 6.07) is -0.946. The molecule has 0 bridgehead atoms. The number of ether oxygens (including phenoxy) is 1. The smallest absolute Gasteiger partial charge is 0.324 e. The van der Waals surface area contributed by atoms with Crippen molar-refractivity contribution in [3.63, 3.8) is 0 Å². The largest absolute Gasteiger partial charge is 0.454 e. The number of carbonyl (C=O) groups is 2. The Morgan fingerprint density at radius 2 is 2.13 bits per heavy atom. The average Bonchev–Trinajstić information content (AvgIpc) is 3.11. The summed E-state index contributed by atoms with van der Waals surface area (Å²) >= 11 is 0. The van der Waals surface area contributed by atoms with Crippen molar-refractivity contribution in [2.24, 2.45) is 0 Å². The molecule has 128 valence electrons. The number of esters is 1. The molecule has 0 aliphatic carbocycles. The SMILES string of the molecule is CNC(=O)COC(=O)[C@@H]1CCCN1S(=O)(=O)c1c(C)noc1C. The van der Waals surface area contributed by atoms with E-state index in [0.717, 1.165) is 4.31 Å². The Morgan fingerprint density at radius 1 is 1.43 bits per heavy atom. The van der Waals surface area contributed by atoms with Crippen LogP contribution in [0, 0.1) is 13.8 Å². The van der Waals surface area contributed by atoms with Crippen LogP contribution in [0.4, 0.5) is 0 Å². The van der Waals surface area contributed by atoms with Gasteiger partial charge in [0, 0.05) is 13.6 Å². The summed E-state index contributed by atoms with van der Waals surface area (Å²) in [6.45, 7) is 2.79. The number of amides is 1. The Labute approximate surface area is 134 Å². The minimum absolute atomic E-state index is 0.0245. The Hall–Kier alpha value is -1.94. The standard InChI is InChI=1S/C13H19N3O6S/c1-8-12(9(2)22-15-8)23(19,20)16-6-4-5-10(16)13(18)21-7-11(17)14-3/h10H,4-7H2,1-3H3,(H,14,17)/t10-/m0/s1. The van der Waals surface area contributed by atoms with Gasteiger partial charge in [0.1, 0.15) is 16.6 Å². The van der Waals surface area contributed by atoms with E-state index in [2.05, 4.69) is 10.5 Å². The molecule has 1 amide bonds. The highest BCUT2D eigenvalue weighted by molar-refractivity contribution is 7.89. The molecular weight excluding hydrogens is 326 g/mol. The predicted molar refractivity (Wildman–Crippen MR) is 77.9 cm³/mol. The van der Waals surface area contributed by atoms with Crippen LogP contribution in [0.3, 0.4) is 0 Å². The molecule has 1 aromatic heterocycles. The van der Waals surface area contributed by atoms with Gasteiger partial charge in [0.2, 0.25) is 10.0 Å². The Bertz CT molecular complexity index is 692. The number of carbonyl (C=O) groups excluding carboxylic acids is 2. The second kappa shape index (κ2) is 6.67. The molecule has 9 nitrogen and oxygen atoms in total. The molecule has 2 heterocycles. The fraction of sp³-hybridized carbons (Fsp3) is 0.615. The molecule has 1 saturated heterocycles. The van der Waals surface area contributed by atoms with Gasteiger partial charge in [-0.2, -0.15) is 4.31 Å². The zero-order valence-corrected chi connectivity index (χ0v) is 14.0. The molecular formula is C13H19N3O6S. The van der Waals surface area contributed by atoms with Crippen LogP contribution in [0.25, 0.3) is 0 Å². The molecule has 0 saturated carbocycles. The monoisotopic (exact) mass is 345 g/mol. The second-order valence-electron chi connectivity index (χ2n) is 5.21. The summed E-state index contributed by atoms with van der Waals surface area (Å²) in [5.74, 6) is -1.02. The van der Waals surface area contributed by atoms with Crippen molar-refractivity contribution in [3.8, 4) is 0 Å². The summed E-state index contributed by atoms with van der Waals surface area (Å²) in [4.78, 5) is 23.2. The normalized spacial score (nSPS) is 18.8. The van der Waals surface area contributed by atoms with E-state index in [-0.39, 0.29) is 22.9 Å². The quantitative estimate of drug-likeness (QED) is 0.730. The summed E-state index contributed by atoms with van der Waals surface area (Å²) in [6.07, 6.45) is 0.873. The zero-order valence-electron chi connectivity index (χ0n) is 13.2. The number of sulfonamides is 1. The lowest BCUT2D eigenvalue weighted by atomic mass is 10.2. The fourth-order valence-corrected chi connectivity index (χ4v) is 4.47. The van der Waals surface area contributed by atoms with Gasteiger partial charge >= 0.3 is 5.97 Å². The molecule has 0 radical (unpaired) electrons. The molecule has 0 spiro atoms. The third kappa shape index (κ3) is 3.37. The molecule has 1 aliphatic rings. The Morgan fingerprint density at radius 3 is 2.70 bits per heavy atom. The van der Waals surface area contributed by atoms with Crippen molar-refractivity contribution in [3.05, 3.63) is 11.5 Å². The number of aromatic nitrogens is 1. The number of rotatable bonds is 5. The van der Waals surface area contributed by atoms with Gasteiger partial charge in [0.15, 0.2) is 12.4 Å². The highest BCUT2D eigenvalue weighted by Crippen LogP contribution is 2.30. The Balaban J connectivity index is 2.21. The van der Waals surface area contributed by atoms with E-state index in [1.165, 1.54) is 20.9 Å². The van der Waals surface area contributed by atoms with Crippen molar-refractivity contribution in [1.29, 1.82) is 0 Å². The summed E-state index contributed by atoms with van der Waals surface area (Å²) in [7, 11) is -2.50. The van der Waals surface area contributed by atoms with Crippen LogP contribution in [0.1, 0.15) is 24.3 Å². The van der Waals surface area contributed by atoms with Crippen LogP contribution in [0.15, 0.2) is 9.42 Å². The molecule has 23 heavy (non-hydrogen) atoms. The third-order valence-electron chi connectivity index (χ3n) is 3.63. The molecule has 1 N–H and O–H groups in total. The van der Waals surface area contributed by atoms with Crippen molar-refractivity contribution < 1.29 is 27.3 Å². The first-order valence-electron chi connectivity index (χ1n) is 7.11. The van der Waals surface area contributed by atoms with Crippen molar-refractivity contribution in [2.45, 2.75) is 37.6 Å². The highest BCUT2D eigenvalue weighted by atomic mass is 32.2. The summed E-state index contributed by atoms with van der Waals surface area (Å²) in [5, 5.41) is 5.97. The van der Waals surface area contributed by atoms with Gasteiger partial charge in [-0.25, -0.2) is 8.42 Å². The lowest BCUT2D eigenvalue weighted by molar-refractivity contribution is -0.151. The maximum atomic E-state index is 12.8. The molecule has 1 fully saturated rings. The van der Waals surface area contributed by atoms with Gasteiger partial charge in [0.25, 0.3) is 5.91 Å². The van der Waals surface area contributed by atoms with Crippen molar-refractivity contribution >= 4 is 21.9 Å². The van der Waals surface area contributed by atoms with Gasteiger partial charge in [-0.3, -0.25) is 9.59 Å². The van der Waals surface area contributed by atoms with Gasteiger partial charge in [-0.05, 0) is 26.7 Å². The van der Waals surface area contributed by atoms with Crippen LogP contribution >= 0.6 is 0 Å². The van der Waals surface area contributed by atoms with E-state index in [1.54, 1.807) is 0 Å². The van der Waals surface area contributed by atoms with Gasteiger partial charge < -0.3 is 14.6 Å². The van der Waals surface area contributed by atoms with Crippen LogP contribution < -0.4 is 5.32 Å². The predicted octanol–water partition coefficient (Wildman–Crippen LogP) is -0.266. The lowest BCUT2D eigenvalue weighted by Gasteiger charge is -2.22. The molecule has 0 aromatic carbocycles. The van der Waals surface area contributed by atoms with E-state index in [4.69, 9.17) is 9.26 Å². The lowest BCUT2D eigenvalue weighted by Crippen LogP contribution is -2.42. The topological polar surface area (TPSA) is 119 Å².